The SMILES string of the molecule is Cc1nc2c(F)c(-c3cccc(Cl)c3Cl)c(CCC#N)cc2c2c1cc([C@H]1[C@H]3C[C@H](CN(c4ncc(C(C)C)s4)C3)N1C(=O)C1CC1)n2[C@H]1[C@H]2CN[C@@H]1C2. The number of rotatable bonds is 8. The molecule has 5 aromatic rings. The molecule has 2 saturated carbocycles. The molecule has 11 rings (SSSR count). The molecule has 0 radical (unpaired) electrons. The first kappa shape index (κ1) is 34.7. The minimum Gasteiger partial charge on any atom is -0.346 e. The number of amides is 1. The normalized spacial score (nSPS) is 26.0. The van der Waals surface area contributed by atoms with Crippen LogP contribution >= 0.6 is 34.5 Å². The predicted molar refractivity (Wildman–Crippen MR) is 213 cm³/mol. The Morgan fingerprint density at radius 3 is 2.69 bits per heavy atom. The molecule has 2 aromatic carbocycles. The molecule has 4 saturated heterocycles. The van der Waals surface area contributed by atoms with Gasteiger partial charge in [-0.2, -0.15) is 5.26 Å². The van der Waals surface area contributed by atoms with Gasteiger partial charge in [0.2, 0.25) is 5.91 Å². The lowest BCUT2D eigenvalue weighted by Crippen LogP contribution is -2.45. The third-order valence-electron chi connectivity index (χ3n) is 12.9. The van der Waals surface area contributed by atoms with Crippen LogP contribution in [0.4, 0.5) is 9.52 Å². The van der Waals surface area contributed by atoms with Gasteiger partial charge in [-0.3, -0.25) is 4.79 Å². The summed E-state index contributed by atoms with van der Waals surface area (Å²) in [6.07, 6.45) is 6.53. The van der Waals surface area contributed by atoms with Gasteiger partial charge in [0, 0.05) is 88.3 Å². The van der Waals surface area contributed by atoms with Gasteiger partial charge in [-0.25, -0.2) is 14.4 Å². The number of anilines is 1. The third-order valence-corrected chi connectivity index (χ3v) is 15.0. The number of hydrogen-bond donors (Lipinski definition) is 1. The molecule has 3 aromatic heterocycles. The van der Waals surface area contributed by atoms with E-state index in [1.165, 1.54) is 4.88 Å². The molecular weight excluding hydrogens is 740 g/mol. The first-order chi connectivity index (χ1) is 26.1. The number of nitrogens with zero attached hydrogens (tertiary/aromatic N) is 6. The highest BCUT2D eigenvalue weighted by Gasteiger charge is 2.55. The second kappa shape index (κ2) is 12.9. The highest BCUT2D eigenvalue weighted by atomic mass is 35.5. The Bertz CT molecular complexity index is 2400. The Kier molecular flexibility index (Phi) is 8.30. The first-order valence-corrected chi connectivity index (χ1v) is 20.9. The number of halogens is 3. The van der Waals surface area contributed by atoms with E-state index in [4.69, 9.17) is 33.2 Å². The first-order valence-electron chi connectivity index (χ1n) is 19.4. The summed E-state index contributed by atoms with van der Waals surface area (Å²) in [4.78, 5) is 30.3. The summed E-state index contributed by atoms with van der Waals surface area (Å²) in [6.45, 7) is 8.92. The number of nitrogens with one attached hydrogen (secondary N) is 1. The number of carbonyl (C=O) groups excluding carboxylic acids is 1. The predicted octanol–water partition coefficient (Wildman–Crippen LogP) is 9.37. The molecule has 0 unspecified atom stereocenters. The summed E-state index contributed by atoms with van der Waals surface area (Å²) >= 11 is 15.0. The summed E-state index contributed by atoms with van der Waals surface area (Å²) in [6, 6.07) is 12.3. The van der Waals surface area contributed by atoms with Gasteiger partial charge < -0.3 is 19.7 Å². The van der Waals surface area contributed by atoms with Crippen molar-refractivity contribution < 1.29 is 9.18 Å². The van der Waals surface area contributed by atoms with Crippen LogP contribution in [0.2, 0.25) is 10.0 Å². The molecule has 12 heteroatoms. The van der Waals surface area contributed by atoms with Gasteiger partial charge in [-0.1, -0.05) is 49.2 Å². The monoisotopic (exact) mass is 781 g/mol. The second-order valence-corrected chi connectivity index (χ2v) is 18.3. The van der Waals surface area contributed by atoms with Crippen molar-refractivity contribution in [1.82, 2.24) is 24.8 Å². The smallest absolute Gasteiger partial charge is 0.226 e. The van der Waals surface area contributed by atoms with Gasteiger partial charge >= 0.3 is 0 Å². The molecular formula is C42H42Cl2FN7OS. The van der Waals surface area contributed by atoms with Crippen LogP contribution in [-0.4, -0.2) is 57.1 Å². The van der Waals surface area contributed by atoms with E-state index in [-0.39, 0.29) is 52.8 Å². The minimum atomic E-state index is -0.458. The Morgan fingerprint density at radius 1 is 1.15 bits per heavy atom. The maximum Gasteiger partial charge on any atom is 0.226 e. The van der Waals surface area contributed by atoms with Crippen molar-refractivity contribution in [2.45, 2.75) is 89.4 Å². The molecule has 2 aliphatic carbocycles. The number of pyridine rings is 1. The van der Waals surface area contributed by atoms with E-state index in [0.29, 0.717) is 46.0 Å². The minimum absolute atomic E-state index is 0.0878. The molecule has 1 N–H and O–H groups in total. The lowest BCUT2D eigenvalue weighted by atomic mass is 9.79. The van der Waals surface area contributed by atoms with Gasteiger partial charge in [0.15, 0.2) is 10.9 Å². The summed E-state index contributed by atoms with van der Waals surface area (Å²) in [7, 11) is 0. The number of carbonyl (C=O) groups is 1. The van der Waals surface area contributed by atoms with Crippen molar-refractivity contribution in [3.05, 3.63) is 74.2 Å². The number of likely N-dealkylation sites (tertiary alicyclic amines) is 1. The van der Waals surface area contributed by atoms with Crippen LogP contribution in [0.25, 0.3) is 32.9 Å². The third kappa shape index (κ3) is 5.25. The van der Waals surface area contributed by atoms with Crippen molar-refractivity contribution >= 4 is 67.4 Å². The van der Waals surface area contributed by atoms with Crippen molar-refractivity contribution in [2.24, 2.45) is 17.8 Å². The number of benzene rings is 2. The zero-order valence-electron chi connectivity index (χ0n) is 30.6. The maximum absolute atomic E-state index is 17.3. The Morgan fingerprint density at radius 2 is 1.98 bits per heavy atom. The summed E-state index contributed by atoms with van der Waals surface area (Å²) in [5.74, 6) is 0.970. The van der Waals surface area contributed by atoms with Gasteiger partial charge in [0.05, 0.1) is 39.8 Å². The summed E-state index contributed by atoms with van der Waals surface area (Å²) in [5, 5.41) is 16.8. The lowest BCUT2D eigenvalue weighted by Gasteiger charge is -2.40. The molecule has 8 nitrogen and oxygen atoms in total. The number of fused-ring (bicyclic) bond motifs is 6. The molecule has 4 bridgehead atoms. The van der Waals surface area contributed by atoms with Crippen LogP contribution in [0.15, 0.2) is 36.5 Å². The van der Waals surface area contributed by atoms with E-state index in [9.17, 15) is 10.1 Å². The highest BCUT2D eigenvalue weighted by Crippen LogP contribution is 2.54. The van der Waals surface area contributed by atoms with Crippen LogP contribution in [0.3, 0.4) is 0 Å². The largest absolute Gasteiger partial charge is 0.346 e. The molecule has 6 fully saturated rings. The van der Waals surface area contributed by atoms with E-state index < -0.39 is 5.82 Å². The van der Waals surface area contributed by atoms with E-state index in [1.54, 1.807) is 29.5 Å². The number of thiazole rings is 1. The standard InChI is InChI=1S/C42H42Cl2FN7OS/c1-20(2)33-17-48-42(54-33)50-18-25-12-26(19-50)51(41(53)22-9-10-22)39(25)32-15-28-21(3)49-37-29(40(28)52(32)38-24-14-31(38)47-16-24)13-23(6-5-11-46)34(36(37)45)27-7-4-8-30(43)35(27)44/h4,7-8,13,15,17,20,22,24-26,31,38-39,47H,5-6,9-10,12,14,16,18-19H2,1-3H3/t24-,25+,26-,31-,38+,39-/m1/s1. The molecule has 0 spiro atoms. The van der Waals surface area contributed by atoms with Crippen LogP contribution in [0.5, 0.6) is 0 Å². The maximum atomic E-state index is 17.3. The van der Waals surface area contributed by atoms with Crippen molar-refractivity contribution in [1.29, 1.82) is 5.26 Å². The van der Waals surface area contributed by atoms with E-state index in [1.807, 2.05) is 19.2 Å². The molecule has 6 aliphatic rings. The van der Waals surface area contributed by atoms with Gasteiger partial charge in [0.25, 0.3) is 0 Å². The number of piperidine rings is 1. The number of hydrogen-bond acceptors (Lipinski definition) is 7. The van der Waals surface area contributed by atoms with Crippen LogP contribution in [0, 0.1) is 41.8 Å². The Labute approximate surface area is 328 Å². The summed E-state index contributed by atoms with van der Waals surface area (Å²) in [5.41, 5.74) is 4.66. The molecule has 6 atom stereocenters. The van der Waals surface area contributed by atoms with Crippen molar-refractivity contribution in [3.63, 3.8) is 0 Å². The van der Waals surface area contributed by atoms with E-state index in [0.717, 1.165) is 78.1 Å². The second-order valence-electron chi connectivity index (χ2n) is 16.5. The quantitative estimate of drug-likeness (QED) is 0.169. The van der Waals surface area contributed by atoms with E-state index in [2.05, 4.69) is 45.7 Å². The van der Waals surface area contributed by atoms with Crippen LogP contribution in [0.1, 0.15) is 85.8 Å². The molecule has 278 valence electrons. The molecule has 4 aliphatic heterocycles. The van der Waals surface area contributed by atoms with Gasteiger partial charge in [-0.15, -0.1) is 11.3 Å². The van der Waals surface area contributed by atoms with Crippen molar-refractivity contribution in [3.8, 4) is 17.2 Å². The van der Waals surface area contributed by atoms with Crippen LogP contribution < -0.4 is 10.2 Å². The fourth-order valence-electron chi connectivity index (χ4n) is 10.2. The highest BCUT2D eigenvalue weighted by molar-refractivity contribution is 7.15. The van der Waals surface area contributed by atoms with Crippen LogP contribution in [-0.2, 0) is 11.2 Å². The molecule has 54 heavy (non-hydrogen) atoms. The average Bonchev–Trinajstić information content (AvgIpc) is 3.55. The number of aryl methyl sites for hydroxylation is 2. The van der Waals surface area contributed by atoms with Gasteiger partial charge in [0.1, 0.15) is 5.52 Å². The zero-order valence-corrected chi connectivity index (χ0v) is 32.9. The fraction of sp³-hybridized carbons (Fsp3) is 0.476. The average molecular weight is 783 g/mol. The lowest BCUT2D eigenvalue weighted by molar-refractivity contribution is -0.135. The molecule has 1 amide bonds. The number of aromatic nitrogens is 3. The Hall–Kier alpha value is -3.75. The van der Waals surface area contributed by atoms with Gasteiger partial charge in [-0.05, 0) is 74.6 Å². The fourth-order valence-corrected chi connectivity index (χ4v) is 11.5. The zero-order chi connectivity index (χ0) is 37.2. The number of nitriles is 1. The van der Waals surface area contributed by atoms with E-state index >= 15 is 4.39 Å². The molecule has 7 heterocycles. The summed E-state index contributed by atoms with van der Waals surface area (Å²) < 4.78 is 19.8. The van der Waals surface area contributed by atoms with Crippen molar-refractivity contribution in [2.75, 3.05) is 24.5 Å². The Balaban J connectivity index is 1.20. The topological polar surface area (TPSA) is 90.1 Å².